The molecule has 2 aliphatic heterocycles. The Kier molecular flexibility index (Phi) is 5.03. The van der Waals surface area contributed by atoms with Crippen LogP contribution >= 0.6 is 0 Å². The SMILES string of the molecule is COC(=O)C1=C(C)NC(=O)N[C@@H]1c1ccc(N2CCC(c3ccccc3)=N2)cc1. The van der Waals surface area contributed by atoms with Gasteiger partial charge in [-0.05, 0) is 30.2 Å². The first-order valence-corrected chi connectivity index (χ1v) is 9.44. The largest absolute Gasteiger partial charge is 0.466 e. The van der Waals surface area contributed by atoms with Gasteiger partial charge in [0.2, 0.25) is 0 Å². The minimum atomic E-state index is -0.563. The van der Waals surface area contributed by atoms with E-state index in [2.05, 4.69) is 22.8 Å². The summed E-state index contributed by atoms with van der Waals surface area (Å²) < 4.78 is 4.89. The number of hydrogen-bond donors (Lipinski definition) is 2. The van der Waals surface area contributed by atoms with Gasteiger partial charge < -0.3 is 15.4 Å². The predicted octanol–water partition coefficient (Wildman–Crippen LogP) is 3.10. The van der Waals surface area contributed by atoms with Crippen molar-refractivity contribution in [2.75, 3.05) is 18.7 Å². The first-order valence-electron chi connectivity index (χ1n) is 9.44. The lowest BCUT2D eigenvalue weighted by molar-refractivity contribution is -0.136. The Morgan fingerprint density at radius 2 is 1.86 bits per heavy atom. The van der Waals surface area contributed by atoms with E-state index in [1.54, 1.807) is 6.92 Å². The second-order valence-electron chi connectivity index (χ2n) is 6.94. The number of nitrogens with one attached hydrogen (secondary N) is 2. The van der Waals surface area contributed by atoms with Gasteiger partial charge in [-0.2, -0.15) is 5.10 Å². The van der Waals surface area contributed by atoms with Gasteiger partial charge in [-0.1, -0.05) is 42.5 Å². The van der Waals surface area contributed by atoms with Gasteiger partial charge in [-0.3, -0.25) is 5.01 Å². The van der Waals surface area contributed by atoms with E-state index in [9.17, 15) is 9.59 Å². The topological polar surface area (TPSA) is 83.0 Å². The number of hydrogen-bond acceptors (Lipinski definition) is 5. The number of methoxy groups -OCH3 is 1. The summed E-state index contributed by atoms with van der Waals surface area (Å²) in [5.74, 6) is -0.472. The van der Waals surface area contributed by atoms with Crippen molar-refractivity contribution in [2.24, 2.45) is 5.10 Å². The standard InChI is InChI=1S/C22H22N4O3/c1-14-19(21(27)29-2)20(24-22(28)23-14)16-8-10-17(11-9-16)26-13-12-18(25-26)15-6-4-3-5-7-15/h3-11,20H,12-13H2,1-2H3,(H2,23,24,28)/t20-/m1/s1. The van der Waals surface area contributed by atoms with Crippen LogP contribution in [-0.4, -0.2) is 31.4 Å². The fourth-order valence-corrected chi connectivity index (χ4v) is 3.64. The lowest BCUT2D eigenvalue weighted by Gasteiger charge is -2.28. The van der Waals surface area contributed by atoms with Crippen LogP contribution in [0.4, 0.5) is 10.5 Å². The van der Waals surface area contributed by atoms with Gasteiger partial charge in [-0.15, -0.1) is 0 Å². The highest BCUT2D eigenvalue weighted by molar-refractivity contribution is 6.02. The number of carbonyl (C=O) groups is 2. The number of allylic oxidation sites excluding steroid dienone is 1. The highest BCUT2D eigenvalue weighted by Crippen LogP contribution is 2.30. The maximum atomic E-state index is 12.2. The van der Waals surface area contributed by atoms with Crippen LogP contribution in [0.15, 0.2) is 71.0 Å². The lowest BCUT2D eigenvalue weighted by Crippen LogP contribution is -2.45. The Hall–Kier alpha value is -3.61. The third kappa shape index (κ3) is 3.71. The van der Waals surface area contributed by atoms with E-state index in [0.717, 1.165) is 35.5 Å². The molecule has 0 fully saturated rings. The van der Waals surface area contributed by atoms with E-state index in [0.29, 0.717) is 11.3 Å². The fraction of sp³-hybridized carbons (Fsp3) is 0.227. The summed E-state index contributed by atoms with van der Waals surface area (Å²) in [6, 6.07) is 16.9. The first kappa shape index (κ1) is 18.7. The molecule has 2 heterocycles. The van der Waals surface area contributed by atoms with Crippen molar-refractivity contribution in [3.8, 4) is 0 Å². The van der Waals surface area contributed by atoms with Gasteiger partial charge in [0.05, 0.1) is 30.1 Å². The minimum absolute atomic E-state index is 0.346. The van der Waals surface area contributed by atoms with Crippen LogP contribution in [0.25, 0.3) is 0 Å². The van der Waals surface area contributed by atoms with Crippen LogP contribution in [0, 0.1) is 0 Å². The summed E-state index contributed by atoms with van der Waals surface area (Å²) in [5.41, 5.74) is 4.84. The highest BCUT2D eigenvalue weighted by Gasteiger charge is 2.31. The molecule has 7 nitrogen and oxygen atoms in total. The van der Waals surface area contributed by atoms with Crippen molar-refractivity contribution in [1.82, 2.24) is 10.6 Å². The molecule has 2 aliphatic rings. The summed E-state index contributed by atoms with van der Waals surface area (Å²) >= 11 is 0. The van der Waals surface area contributed by atoms with Crippen LogP contribution in [0.5, 0.6) is 0 Å². The van der Waals surface area contributed by atoms with Crippen LogP contribution < -0.4 is 15.6 Å². The smallest absolute Gasteiger partial charge is 0.337 e. The van der Waals surface area contributed by atoms with Crippen molar-refractivity contribution in [1.29, 1.82) is 0 Å². The Morgan fingerprint density at radius 3 is 2.55 bits per heavy atom. The molecule has 0 saturated carbocycles. The second-order valence-corrected chi connectivity index (χ2v) is 6.94. The van der Waals surface area contributed by atoms with Crippen LogP contribution in [0.3, 0.4) is 0 Å². The molecule has 2 aromatic carbocycles. The third-order valence-electron chi connectivity index (χ3n) is 5.11. The molecular weight excluding hydrogens is 368 g/mol. The van der Waals surface area contributed by atoms with E-state index >= 15 is 0 Å². The van der Waals surface area contributed by atoms with Gasteiger partial charge in [-0.25, -0.2) is 9.59 Å². The Bertz CT molecular complexity index is 996. The minimum Gasteiger partial charge on any atom is -0.466 e. The average Bonchev–Trinajstić information content (AvgIpc) is 3.24. The van der Waals surface area contributed by atoms with E-state index in [-0.39, 0.29) is 6.03 Å². The number of ether oxygens (including phenoxy) is 1. The zero-order valence-corrected chi connectivity index (χ0v) is 16.3. The quantitative estimate of drug-likeness (QED) is 0.786. The average molecular weight is 390 g/mol. The summed E-state index contributed by atoms with van der Waals surface area (Å²) in [7, 11) is 1.33. The van der Waals surface area contributed by atoms with Gasteiger partial charge in [0.15, 0.2) is 0 Å². The fourth-order valence-electron chi connectivity index (χ4n) is 3.64. The molecule has 1 atom stereocenters. The number of urea groups is 1. The van der Waals surface area contributed by atoms with E-state index < -0.39 is 12.0 Å². The second kappa shape index (κ2) is 7.79. The number of hydrazone groups is 1. The van der Waals surface area contributed by atoms with Crippen molar-refractivity contribution >= 4 is 23.4 Å². The van der Waals surface area contributed by atoms with Crippen molar-refractivity contribution in [2.45, 2.75) is 19.4 Å². The third-order valence-corrected chi connectivity index (χ3v) is 5.11. The van der Waals surface area contributed by atoms with E-state index in [1.807, 2.05) is 47.5 Å². The monoisotopic (exact) mass is 390 g/mol. The molecule has 0 radical (unpaired) electrons. The summed E-state index contributed by atoms with van der Waals surface area (Å²) in [5, 5.41) is 12.1. The van der Waals surface area contributed by atoms with Gasteiger partial charge in [0.1, 0.15) is 0 Å². The van der Waals surface area contributed by atoms with E-state index in [4.69, 9.17) is 9.84 Å². The maximum Gasteiger partial charge on any atom is 0.337 e. The van der Waals surface area contributed by atoms with Crippen molar-refractivity contribution < 1.29 is 14.3 Å². The number of benzene rings is 2. The molecule has 0 saturated heterocycles. The van der Waals surface area contributed by atoms with Crippen molar-refractivity contribution in [3.63, 3.8) is 0 Å². The van der Waals surface area contributed by atoms with Gasteiger partial charge >= 0.3 is 12.0 Å². The van der Waals surface area contributed by atoms with Gasteiger partial charge in [0.25, 0.3) is 0 Å². The molecule has 2 N–H and O–H groups in total. The van der Waals surface area contributed by atoms with Crippen LogP contribution in [0.2, 0.25) is 0 Å². The Balaban J connectivity index is 1.58. The van der Waals surface area contributed by atoms with Crippen LogP contribution in [-0.2, 0) is 9.53 Å². The molecular formula is C22H22N4O3. The molecule has 148 valence electrons. The molecule has 4 rings (SSSR count). The van der Waals surface area contributed by atoms with E-state index in [1.165, 1.54) is 7.11 Å². The summed E-state index contributed by atoms with van der Waals surface area (Å²) in [4.78, 5) is 24.1. The molecule has 7 heteroatoms. The summed E-state index contributed by atoms with van der Waals surface area (Å²) in [6.45, 7) is 2.50. The zero-order valence-electron chi connectivity index (χ0n) is 16.3. The number of rotatable bonds is 4. The number of anilines is 1. The molecule has 0 spiro atoms. The highest BCUT2D eigenvalue weighted by atomic mass is 16.5. The maximum absolute atomic E-state index is 12.2. The number of nitrogens with zero attached hydrogens (tertiary/aromatic N) is 2. The summed E-state index contributed by atoms with van der Waals surface area (Å²) in [6.07, 6.45) is 0.880. The number of carbonyl (C=O) groups excluding carboxylic acids is 2. The molecule has 29 heavy (non-hydrogen) atoms. The molecule has 2 amide bonds. The lowest BCUT2D eigenvalue weighted by atomic mass is 9.95. The number of esters is 1. The molecule has 0 aliphatic carbocycles. The zero-order chi connectivity index (χ0) is 20.4. The molecule has 0 unspecified atom stereocenters. The molecule has 0 bridgehead atoms. The predicted molar refractivity (Wildman–Crippen MR) is 111 cm³/mol. The molecule has 0 aromatic heterocycles. The van der Waals surface area contributed by atoms with Gasteiger partial charge in [0, 0.05) is 18.7 Å². The number of amides is 2. The molecule has 2 aromatic rings. The van der Waals surface area contributed by atoms with Crippen molar-refractivity contribution in [3.05, 3.63) is 77.0 Å². The Labute approximate surface area is 169 Å². The van der Waals surface area contributed by atoms with Crippen LogP contribution in [0.1, 0.15) is 30.5 Å². The normalized spacial score (nSPS) is 18.8. The Morgan fingerprint density at radius 1 is 1.14 bits per heavy atom. The first-order chi connectivity index (χ1) is 14.1.